The smallest absolute Gasteiger partial charge is 0.0924 e. The first-order valence-corrected chi connectivity index (χ1v) is 4.99. The Hall–Kier alpha value is -1.02. The van der Waals surface area contributed by atoms with E-state index in [-0.39, 0.29) is 0 Å². The van der Waals surface area contributed by atoms with E-state index in [0.29, 0.717) is 0 Å². The lowest BCUT2D eigenvalue weighted by Gasteiger charge is -2.09. The predicted molar refractivity (Wildman–Crippen MR) is 54.4 cm³/mol. The second kappa shape index (κ2) is 3.59. The van der Waals surface area contributed by atoms with E-state index in [0.717, 1.165) is 12.8 Å². The summed E-state index contributed by atoms with van der Waals surface area (Å²) < 4.78 is 0. The lowest BCUT2D eigenvalue weighted by molar-refractivity contribution is 0.968. The van der Waals surface area contributed by atoms with E-state index in [4.69, 9.17) is 0 Å². The third-order valence-corrected chi connectivity index (χ3v) is 2.60. The maximum Gasteiger partial charge on any atom is 0.0924 e. The molecule has 12 heavy (non-hydrogen) atoms. The first kappa shape index (κ1) is 7.62. The van der Waals surface area contributed by atoms with Gasteiger partial charge in [0.1, 0.15) is 0 Å². The van der Waals surface area contributed by atoms with Gasteiger partial charge in [0, 0.05) is 5.70 Å². The summed E-state index contributed by atoms with van der Waals surface area (Å²) in [5.41, 5.74) is 1.32. The first-order valence-electron chi connectivity index (χ1n) is 4.11. The second-order valence-electron chi connectivity index (χ2n) is 2.76. The molecule has 0 radical (unpaired) electrons. The number of rotatable bonds is 2. The Morgan fingerprint density at radius 3 is 3.08 bits per heavy atom. The number of thiophene rings is 1. The fraction of sp³-hybridized carbons (Fsp3) is 0.200. The zero-order chi connectivity index (χ0) is 8.23. The summed E-state index contributed by atoms with van der Waals surface area (Å²) >= 11 is 1.74. The van der Waals surface area contributed by atoms with Crippen LogP contribution in [0.2, 0.25) is 0 Å². The molecule has 0 saturated carbocycles. The van der Waals surface area contributed by atoms with Gasteiger partial charge in [-0.1, -0.05) is 12.2 Å². The predicted octanol–water partition coefficient (Wildman–Crippen LogP) is 3.39. The zero-order valence-electron chi connectivity index (χ0n) is 6.79. The van der Waals surface area contributed by atoms with Gasteiger partial charge < -0.3 is 5.32 Å². The van der Waals surface area contributed by atoms with Crippen molar-refractivity contribution in [3.05, 3.63) is 41.4 Å². The average Bonchev–Trinajstić information content (AvgIpc) is 2.59. The molecule has 1 aromatic rings. The third-order valence-electron chi connectivity index (χ3n) is 1.82. The van der Waals surface area contributed by atoms with Gasteiger partial charge in [-0.15, -0.1) is 11.3 Å². The molecule has 1 aliphatic carbocycles. The standard InChI is InChI=1S/C10H11NS/c1-2-5-9(6-3-1)11-10-7-4-8-12-10/h1-2,4-5,7-8,11H,3,6H2. The summed E-state index contributed by atoms with van der Waals surface area (Å²) in [7, 11) is 0. The largest absolute Gasteiger partial charge is 0.351 e. The van der Waals surface area contributed by atoms with E-state index in [2.05, 4.69) is 41.1 Å². The Balaban J connectivity index is 2.03. The summed E-state index contributed by atoms with van der Waals surface area (Å²) in [5.74, 6) is 0. The lowest BCUT2D eigenvalue weighted by atomic mass is 10.1. The Bertz CT molecular complexity index is 296. The van der Waals surface area contributed by atoms with Gasteiger partial charge in [-0.25, -0.2) is 0 Å². The molecule has 1 nitrogen and oxygen atoms in total. The Morgan fingerprint density at radius 2 is 2.42 bits per heavy atom. The molecule has 0 unspecified atom stereocenters. The van der Waals surface area contributed by atoms with Crippen LogP contribution in [-0.2, 0) is 0 Å². The maximum absolute atomic E-state index is 3.39. The van der Waals surface area contributed by atoms with E-state index in [1.54, 1.807) is 11.3 Å². The molecular weight excluding hydrogens is 166 g/mol. The molecule has 2 rings (SSSR count). The highest BCUT2D eigenvalue weighted by Crippen LogP contribution is 2.20. The summed E-state index contributed by atoms with van der Waals surface area (Å²) in [6.45, 7) is 0. The Kier molecular flexibility index (Phi) is 2.28. The normalized spacial score (nSPS) is 15.8. The van der Waals surface area contributed by atoms with Crippen molar-refractivity contribution in [3.8, 4) is 0 Å². The van der Waals surface area contributed by atoms with Crippen LogP contribution in [0.25, 0.3) is 0 Å². The van der Waals surface area contributed by atoms with Gasteiger partial charge >= 0.3 is 0 Å². The van der Waals surface area contributed by atoms with Crippen LogP contribution in [-0.4, -0.2) is 0 Å². The SMILES string of the molecule is C1=CCCC(Nc2cccs2)=C1. The second-order valence-corrected chi connectivity index (χ2v) is 3.71. The van der Waals surface area contributed by atoms with Gasteiger partial charge in [0.25, 0.3) is 0 Å². The fourth-order valence-corrected chi connectivity index (χ4v) is 1.87. The molecule has 0 aromatic carbocycles. The van der Waals surface area contributed by atoms with Crippen molar-refractivity contribution in [1.82, 2.24) is 0 Å². The van der Waals surface area contributed by atoms with Gasteiger partial charge in [0.2, 0.25) is 0 Å². The third kappa shape index (κ3) is 1.77. The van der Waals surface area contributed by atoms with Crippen molar-refractivity contribution in [1.29, 1.82) is 0 Å². The summed E-state index contributed by atoms with van der Waals surface area (Å²) in [5, 5.41) is 6.71. The Morgan fingerprint density at radius 1 is 1.42 bits per heavy atom. The molecule has 0 spiro atoms. The molecule has 0 atom stereocenters. The van der Waals surface area contributed by atoms with Crippen LogP contribution in [0.4, 0.5) is 5.00 Å². The number of nitrogens with one attached hydrogen (secondary N) is 1. The molecular formula is C10H11NS. The van der Waals surface area contributed by atoms with Crippen LogP contribution in [0.3, 0.4) is 0 Å². The van der Waals surface area contributed by atoms with Crippen molar-refractivity contribution >= 4 is 16.3 Å². The molecule has 1 aromatic heterocycles. The van der Waals surface area contributed by atoms with Crippen LogP contribution in [0.5, 0.6) is 0 Å². The van der Waals surface area contributed by atoms with Crippen molar-refractivity contribution in [2.45, 2.75) is 12.8 Å². The zero-order valence-corrected chi connectivity index (χ0v) is 7.60. The van der Waals surface area contributed by atoms with Crippen molar-refractivity contribution in [2.24, 2.45) is 0 Å². The highest BCUT2D eigenvalue weighted by Gasteiger charge is 1.99. The van der Waals surface area contributed by atoms with Crippen LogP contribution >= 0.6 is 11.3 Å². The van der Waals surface area contributed by atoms with Gasteiger partial charge in [0.05, 0.1) is 5.00 Å². The minimum absolute atomic E-state index is 1.13. The van der Waals surface area contributed by atoms with Crippen molar-refractivity contribution < 1.29 is 0 Å². The molecule has 0 bridgehead atoms. The van der Waals surface area contributed by atoms with Crippen LogP contribution < -0.4 is 5.32 Å². The topological polar surface area (TPSA) is 12.0 Å². The number of hydrogen-bond donors (Lipinski definition) is 1. The number of anilines is 1. The van der Waals surface area contributed by atoms with E-state index < -0.39 is 0 Å². The van der Waals surface area contributed by atoms with Gasteiger partial charge in [0.15, 0.2) is 0 Å². The van der Waals surface area contributed by atoms with E-state index in [1.165, 1.54) is 10.7 Å². The highest BCUT2D eigenvalue weighted by molar-refractivity contribution is 7.14. The van der Waals surface area contributed by atoms with Gasteiger partial charge in [-0.05, 0) is 36.4 Å². The Labute approximate surface area is 76.4 Å². The van der Waals surface area contributed by atoms with Crippen LogP contribution in [0, 0.1) is 0 Å². The summed E-state index contributed by atoms with van der Waals surface area (Å²) in [4.78, 5) is 0. The van der Waals surface area contributed by atoms with Crippen LogP contribution in [0.1, 0.15) is 12.8 Å². The molecule has 0 amide bonds. The quantitative estimate of drug-likeness (QED) is 0.730. The molecule has 0 saturated heterocycles. The first-order chi connectivity index (χ1) is 5.95. The van der Waals surface area contributed by atoms with Gasteiger partial charge in [-0.3, -0.25) is 0 Å². The average molecular weight is 177 g/mol. The van der Waals surface area contributed by atoms with Gasteiger partial charge in [-0.2, -0.15) is 0 Å². The molecule has 62 valence electrons. The molecule has 0 fully saturated rings. The number of allylic oxidation sites excluding steroid dienone is 4. The summed E-state index contributed by atoms with van der Waals surface area (Å²) in [6.07, 6.45) is 8.74. The fourth-order valence-electron chi connectivity index (χ4n) is 1.21. The molecule has 1 aliphatic rings. The molecule has 0 aliphatic heterocycles. The minimum Gasteiger partial charge on any atom is -0.351 e. The lowest BCUT2D eigenvalue weighted by Crippen LogP contribution is -1.98. The summed E-state index contributed by atoms with van der Waals surface area (Å²) in [6, 6.07) is 4.16. The minimum atomic E-state index is 1.13. The van der Waals surface area contributed by atoms with Crippen molar-refractivity contribution in [2.75, 3.05) is 5.32 Å². The molecule has 1 heterocycles. The molecule has 2 heteroatoms. The highest BCUT2D eigenvalue weighted by atomic mass is 32.1. The van der Waals surface area contributed by atoms with E-state index in [1.807, 2.05) is 0 Å². The number of hydrogen-bond acceptors (Lipinski definition) is 2. The maximum atomic E-state index is 3.39. The molecule has 1 N–H and O–H groups in total. The van der Waals surface area contributed by atoms with Crippen molar-refractivity contribution in [3.63, 3.8) is 0 Å². The van der Waals surface area contributed by atoms with E-state index in [9.17, 15) is 0 Å². The monoisotopic (exact) mass is 177 g/mol. The van der Waals surface area contributed by atoms with Crippen LogP contribution in [0.15, 0.2) is 41.4 Å². The van der Waals surface area contributed by atoms with E-state index >= 15 is 0 Å².